The number of amides is 1. The summed E-state index contributed by atoms with van der Waals surface area (Å²) in [6, 6.07) is 0. The Labute approximate surface area is 66.0 Å². The van der Waals surface area contributed by atoms with E-state index in [0.717, 1.165) is 24.9 Å². The van der Waals surface area contributed by atoms with Crippen LogP contribution in [0.15, 0.2) is 0 Å². The maximum Gasteiger partial charge on any atom is 0.248 e. The lowest BCUT2D eigenvalue weighted by molar-refractivity contribution is -0.140. The Kier molecular flexibility index (Phi) is 1.60. The summed E-state index contributed by atoms with van der Waals surface area (Å²) in [4.78, 5) is 12.8. The number of fused-ring (bicyclic) bond motifs is 2. The molecule has 3 rings (SSSR count). The smallest absolute Gasteiger partial charge is 0.248 e. The first-order valence-electron chi connectivity index (χ1n) is 4.18. The van der Waals surface area contributed by atoms with E-state index in [0.29, 0.717) is 0 Å². The number of aliphatic hydroxyl groups is 1. The molecule has 2 aliphatic heterocycles. The normalized spacial score (nSPS) is 34.8. The standard InChI is InChI=1S/C8H13NO2/c10-5-8(11)9-3-6-1-7(2-6)4-9/h6-7,10H,1-5H2. The van der Waals surface area contributed by atoms with Crippen LogP contribution in [0.25, 0.3) is 0 Å². The summed E-state index contributed by atoms with van der Waals surface area (Å²) in [5.41, 5.74) is 0. The average Bonchev–Trinajstić information content (AvgIpc) is 2.02. The van der Waals surface area contributed by atoms with E-state index in [1.165, 1.54) is 12.8 Å². The number of carbonyl (C=O) groups is 1. The number of nitrogens with zero attached hydrogens (tertiary/aromatic N) is 1. The highest BCUT2D eigenvalue weighted by Crippen LogP contribution is 2.39. The third kappa shape index (κ3) is 1.13. The number of hydrogen-bond acceptors (Lipinski definition) is 2. The summed E-state index contributed by atoms with van der Waals surface area (Å²) in [6.45, 7) is 1.45. The molecule has 62 valence electrons. The van der Waals surface area contributed by atoms with Crippen LogP contribution in [0.1, 0.15) is 12.8 Å². The fourth-order valence-electron chi connectivity index (χ4n) is 2.17. The van der Waals surface area contributed by atoms with Crippen molar-refractivity contribution in [1.82, 2.24) is 4.90 Å². The molecular formula is C8H13NO2. The topological polar surface area (TPSA) is 40.5 Å². The molecule has 1 aliphatic carbocycles. The highest BCUT2D eigenvalue weighted by Gasteiger charge is 2.38. The Bertz CT molecular complexity index is 165. The van der Waals surface area contributed by atoms with E-state index in [4.69, 9.17) is 5.11 Å². The Morgan fingerprint density at radius 1 is 1.36 bits per heavy atom. The lowest BCUT2D eigenvalue weighted by Gasteiger charge is -2.47. The lowest BCUT2D eigenvalue weighted by atomic mass is 9.71. The van der Waals surface area contributed by atoms with Crippen molar-refractivity contribution in [3.05, 3.63) is 0 Å². The molecule has 0 aromatic heterocycles. The molecule has 3 heteroatoms. The number of rotatable bonds is 1. The van der Waals surface area contributed by atoms with Crippen LogP contribution >= 0.6 is 0 Å². The summed E-state index contributed by atoms with van der Waals surface area (Å²) in [6.07, 6.45) is 2.60. The molecule has 0 unspecified atom stereocenters. The summed E-state index contributed by atoms with van der Waals surface area (Å²) >= 11 is 0. The minimum Gasteiger partial charge on any atom is -0.387 e. The van der Waals surface area contributed by atoms with Crippen LogP contribution in [-0.2, 0) is 4.79 Å². The third-order valence-electron chi connectivity index (χ3n) is 2.78. The van der Waals surface area contributed by atoms with Crippen molar-refractivity contribution in [2.75, 3.05) is 19.7 Å². The van der Waals surface area contributed by atoms with Crippen molar-refractivity contribution >= 4 is 5.91 Å². The first-order chi connectivity index (χ1) is 5.29. The predicted octanol–water partition coefficient (Wildman–Crippen LogP) is -0.153. The Hall–Kier alpha value is -0.570. The summed E-state index contributed by atoms with van der Waals surface area (Å²) in [5.74, 6) is 1.38. The van der Waals surface area contributed by atoms with E-state index < -0.39 is 0 Å². The van der Waals surface area contributed by atoms with Crippen molar-refractivity contribution < 1.29 is 9.90 Å². The summed E-state index contributed by atoms with van der Waals surface area (Å²) < 4.78 is 0. The van der Waals surface area contributed by atoms with Gasteiger partial charge in [-0.3, -0.25) is 4.79 Å². The van der Waals surface area contributed by atoms with Gasteiger partial charge in [0, 0.05) is 13.1 Å². The predicted molar refractivity (Wildman–Crippen MR) is 39.9 cm³/mol. The fraction of sp³-hybridized carbons (Fsp3) is 0.875. The highest BCUT2D eigenvalue weighted by atomic mass is 16.3. The van der Waals surface area contributed by atoms with Crippen LogP contribution in [-0.4, -0.2) is 35.6 Å². The second kappa shape index (κ2) is 2.48. The molecule has 2 saturated heterocycles. The maximum atomic E-state index is 11.0. The van der Waals surface area contributed by atoms with Crippen molar-refractivity contribution in [3.8, 4) is 0 Å². The van der Waals surface area contributed by atoms with Gasteiger partial charge in [-0.1, -0.05) is 0 Å². The van der Waals surface area contributed by atoms with Crippen LogP contribution in [0.5, 0.6) is 0 Å². The second-order valence-electron chi connectivity index (χ2n) is 3.66. The van der Waals surface area contributed by atoms with Gasteiger partial charge in [0.15, 0.2) is 0 Å². The van der Waals surface area contributed by atoms with E-state index in [9.17, 15) is 4.79 Å². The van der Waals surface area contributed by atoms with Gasteiger partial charge in [-0.15, -0.1) is 0 Å². The average molecular weight is 155 g/mol. The van der Waals surface area contributed by atoms with E-state index >= 15 is 0 Å². The van der Waals surface area contributed by atoms with Crippen molar-refractivity contribution in [2.24, 2.45) is 11.8 Å². The van der Waals surface area contributed by atoms with Crippen molar-refractivity contribution in [3.63, 3.8) is 0 Å². The van der Waals surface area contributed by atoms with Crippen LogP contribution in [0.4, 0.5) is 0 Å². The molecule has 1 N–H and O–H groups in total. The molecule has 1 amide bonds. The van der Waals surface area contributed by atoms with Gasteiger partial charge < -0.3 is 10.0 Å². The van der Waals surface area contributed by atoms with Gasteiger partial charge in [0.1, 0.15) is 6.61 Å². The maximum absolute atomic E-state index is 11.0. The molecule has 3 nitrogen and oxygen atoms in total. The van der Waals surface area contributed by atoms with Crippen molar-refractivity contribution in [1.29, 1.82) is 0 Å². The summed E-state index contributed by atoms with van der Waals surface area (Å²) in [5, 5.41) is 8.60. The molecule has 2 bridgehead atoms. The van der Waals surface area contributed by atoms with Gasteiger partial charge in [0.05, 0.1) is 0 Å². The van der Waals surface area contributed by atoms with Crippen LogP contribution in [0.3, 0.4) is 0 Å². The lowest BCUT2D eigenvalue weighted by Crippen LogP contribution is -2.51. The van der Waals surface area contributed by atoms with E-state index in [-0.39, 0.29) is 12.5 Å². The van der Waals surface area contributed by atoms with Gasteiger partial charge in [-0.05, 0) is 24.7 Å². The number of hydrogen-bond donors (Lipinski definition) is 1. The molecule has 0 aromatic carbocycles. The minimum absolute atomic E-state index is 0.0978. The third-order valence-corrected chi connectivity index (χ3v) is 2.78. The highest BCUT2D eigenvalue weighted by molar-refractivity contribution is 5.77. The molecule has 11 heavy (non-hydrogen) atoms. The minimum atomic E-state index is -0.320. The zero-order chi connectivity index (χ0) is 7.84. The molecule has 0 spiro atoms. The van der Waals surface area contributed by atoms with Gasteiger partial charge in [0.2, 0.25) is 5.91 Å². The number of aliphatic hydroxyl groups excluding tert-OH is 1. The first kappa shape index (κ1) is 7.10. The number of piperidine rings is 2. The molecule has 3 aliphatic rings. The monoisotopic (exact) mass is 155 g/mol. The molecule has 0 radical (unpaired) electrons. The van der Waals surface area contributed by atoms with E-state index in [2.05, 4.69) is 0 Å². The first-order valence-corrected chi connectivity index (χ1v) is 4.18. The van der Waals surface area contributed by atoms with Gasteiger partial charge in [0.25, 0.3) is 0 Å². The quantitative estimate of drug-likeness (QED) is 0.572. The SMILES string of the molecule is O=C(CO)N1CC2CC(C2)C1. The fourth-order valence-corrected chi connectivity index (χ4v) is 2.17. The van der Waals surface area contributed by atoms with Crippen LogP contribution < -0.4 is 0 Å². The van der Waals surface area contributed by atoms with Crippen LogP contribution in [0.2, 0.25) is 0 Å². The van der Waals surface area contributed by atoms with Crippen molar-refractivity contribution in [2.45, 2.75) is 12.8 Å². The molecule has 2 heterocycles. The molecule has 0 atom stereocenters. The summed E-state index contributed by atoms with van der Waals surface area (Å²) in [7, 11) is 0. The molecule has 0 aromatic rings. The zero-order valence-electron chi connectivity index (χ0n) is 6.49. The van der Waals surface area contributed by atoms with Crippen LogP contribution in [0, 0.1) is 11.8 Å². The Morgan fingerprint density at radius 2 is 1.91 bits per heavy atom. The van der Waals surface area contributed by atoms with Gasteiger partial charge in [-0.25, -0.2) is 0 Å². The molecule has 3 fully saturated rings. The van der Waals surface area contributed by atoms with Gasteiger partial charge in [-0.2, -0.15) is 0 Å². The molecule has 1 saturated carbocycles. The Morgan fingerprint density at radius 3 is 2.36 bits per heavy atom. The zero-order valence-corrected chi connectivity index (χ0v) is 6.49. The largest absolute Gasteiger partial charge is 0.387 e. The van der Waals surface area contributed by atoms with E-state index in [1.54, 1.807) is 4.90 Å². The van der Waals surface area contributed by atoms with E-state index in [1.807, 2.05) is 0 Å². The Balaban J connectivity index is 1.92. The number of carbonyl (C=O) groups excluding carboxylic acids is 1. The molecular weight excluding hydrogens is 142 g/mol. The second-order valence-corrected chi connectivity index (χ2v) is 3.66. The van der Waals surface area contributed by atoms with Gasteiger partial charge >= 0.3 is 0 Å².